The number of hydrogen-bond donors (Lipinski definition) is 1. The number of likely N-dealkylation sites (N-methyl/N-ethyl adjacent to an activating group) is 1. The molecule has 0 aromatic rings. The van der Waals surface area contributed by atoms with Gasteiger partial charge in [0.15, 0.2) is 0 Å². The van der Waals surface area contributed by atoms with Crippen LogP contribution in [-0.2, 0) is 19.1 Å². The highest BCUT2D eigenvalue weighted by Crippen LogP contribution is 1.90. The molecule has 104 valence electrons. The highest BCUT2D eigenvalue weighted by Gasteiger charge is 2.02. The number of nitrogens with zero attached hydrogens (tertiary/aromatic N) is 1. The van der Waals surface area contributed by atoms with Gasteiger partial charge in [0.05, 0.1) is 13.3 Å². The second kappa shape index (κ2) is 9.61. The molecule has 6 heteroatoms. The molecule has 1 amide bonds. The summed E-state index contributed by atoms with van der Waals surface area (Å²) in [6, 6.07) is 0. The number of carbonyl (C=O) groups excluding carboxylic acids is 2. The molecular weight excluding hydrogens is 236 g/mol. The Kier molecular flexibility index (Phi) is 8.86. The smallest absolute Gasteiger partial charge is 0.333 e. The minimum Gasteiger partial charge on any atom is -0.461 e. The molecule has 0 bridgehead atoms. The summed E-state index contributed by atoms with van der Waals surface area (Å²) in [4.78, 5) is 23.4. The molecule has 0 atom stereocenters. The Morgan fingerprint density at radius 2 is 1.94 bits per heavy atom. The van der Waals surface area contributed by atoms with E-state index in [1.807, 2.05) is 0 Å². The van der Waals surface area contributed by atoms with Crippen LogP contribution >= 0.6 is 0 Å². The molecule has 0 heterocycles. The van der Waals surface area contributed by atoms with Gasteiger partial charge in [0, 0.05) is 32.6 Å². The molecule has 0 aliphatic carbocycles. The lowest BCUT2D eigenvalue weighted by Gasteiger charge is -2.14. The van der Waals surface area contributed by atoms with E-state index in [1.165, 1.54) is 6.92 Å². The number of nitrogens with one attached hydrogen (secondary N) is 1. The van der Waals surface area contributed by atoms with Crippen molar-refractivity contribution in [3.63, 3.8) is 0 Å². The summed E-state index contributed by atoms with van der Waals surface area (Å²) < 4.78 is 10.1. The minimum atomic E-state index is -0.388. The summed E-state index contributed by atoms with van der Waals surface area (Å²) in [5.74, 6) is -0.376. The van der Waals surface area contributed by atoms with E-state index in [4.69, 9.17) is 9.47 Å². The van der Waals surface area contributed by atoms with Crippen LogP contribution in [0.15, 0.2) is 12.2 Å². The lowest BCUT2D eigenvalue weighted by Crippen LogP contribution is -2.30. The molecule has 0 aromatic heterocycles. The van der Waals surface area contributed by atoms with Gasteiger partial charge < -0.3 is 14.4 Å². The van der Waals surface area contributed by atoms with Crippen LogP contribution in [0.2, 0.25) is 0 Å². The van der Waals surface area contributed by atoms with Crippen LogP contribution < -0.4 is 5.32 Å². The third-order valence-electron chi connectivity index (χ3n) is 2.17. The number of carbonyl (C=O) groups is 2. The van der Waals surface area contributed by atoms with Crippen molar-refractivity contribution in [2.45, 2.75) is 13.8 Å². The van der Waals surface area contributed by atoms with Crippen molar-refractivity contribution in [2.75, 3.05) is 40.1 Å². The van der Waals surface area contributed by atoms with Crippen LogP contribution in [0.25, 0.3) is 0 Å². The number of hydrogen-bond acceptors (Lipinski definition) is 5. The van der Waals surface area contributed by atoms with Gasteiger partial charge >= 0.3 is 5.97 Å². The molecule has 0 aromatic carbocycles. The maximum absolute atomic E-state index is 11.0. The van der Waals surface area contributed by atoms with E-state index in [-0.39, 0.29) is 18.5 Å². The number of rotatable bonds is 9. The second-order valence-electron chi connectivity index (χ2n) is 3.91. The predicted molar refractivity (Wildman–Crippen MR) is 67.9 cm³/mol. The first-order valence-corrected chi connectivity index (χ1v) is 5.78. The molecule has 0 rings (SSSR count). The fourth-order valence-electron chi connectivity index (χ4n) is 0.915. The third kappa shape index (κ3) is 8.72. The van der Waals surface area contributed by atoms with Gasteiger partial charge in [-0.2, -0.15) is 0 Å². The van der Waals surface area contributed by atoms with Gasteiger partial charge in [-0.05, 0) is 6.92 Å². The molecule has 0 saturated carbocycles. The Bertz CT molecular complexity index is 292. The minimum absolute atomic E-state index is 0.0123. The van der Waals surface area contributed by atoms with E-state index >= 15 is 0 Å². The summed E-state index contributed by atoms with van der Waals surface area (Å²) >= 11 is 0. The summed E-state index contributed by atoms with van der Waals surface area (Å²) in [5, 5.41) is 2.95. The molecule has 0 aliphatic heterocycles. The summed E-state index contributed by atoms with van der Waals surface area (Å²) in [6.07, 6.45) is 0. The molecule has 0 aliphatic rings. The van der Waals surface area contributed by atoms with Crippen LogP contribution in [0.5, 0.6) is 0 Å². The molecule has 1 N–H and O–H groups in total. The zero-order valence-electron chi connectivity index (χ0n) is 11.3. The highest BCUT2D eigenvalue weighted by atomic mass is 16.5. The fraction of sp³-hybridized carbons (Fsp3) is 0.667. The Hall–Kier alpha value is -1.40. The van der Waals surface area contributed by atoms with Crippen LogP contribution in [0.3, 0.4) is 0 Å². The van der Waals surface area contributed by atoms with Crippen molar-refractivity contribution in [2.24, 2.45) is 0 Å². The predicted octanol–water partition coefficient (Wildman–Crippen LogP) is 0.148. The van der Waals surface area contributed by atoms with Crippen LogP contribution in [-0.4, -0.2) is 56.9 Å². The molecule has 0 unspecified atom stereocenters. The number of ether oxygens (including phenoxy) is 2. The summed E-state index contributed by atoms with van der Waals surface area (Å²) in [7, 11) is 1.72. The van der Waals surface area contributed by atoms with E-state index in [9.17, 15) is 9.59 Å². The fourth-order valence-corrected chi connectivity index (χ4v) is 0.915. The Balaban J connectivity index is 3.29. The van der Waals surface area contributed by atoms with E-state index in [2.05, 4.69) is 11.9 Å². The van der Waals surface area contributed by atoms with Crippen molar-refractivity contribution >= 4 is 11.9 Å². The van der Waals surface area contributed by atoms with Crippen molar-refractivity contribution in [3.8, 4) is 0 Å². The largest absolute Gasteiger partial charge is 0.461 e. The van der Waals surface area contributed by atoms with Crippen molar-refractivity contribution in [1.82, 2.24) is 10.2 Å². The van der Waals surface area contributed by atoms with E-state index in [1.54, 1.807) is 18.9 Å². The van der Waals surface area contributed by atoms with Gasteiger partial charge in [-0.15, -0.1) is 0 Å². The Labute approximate surface area is 108 Å². The average molecular weight is 258 g/mol. The van der Waals surface area contributed by atoms with Gasteiger partial charge in [0.25, 0.3) is 0 Å². The maximum atomic E-state index is 11.0. The third-order valence-corrected chi connectivity index (χ3v) is 2.17. The van der Waals surface area contributed by atoms with Gasteiger partial charge in [-0.1, -0.05) is 6.58 Å². The SMILES string of the molecule is C=C(C)C(=O)OCCNCOCCN(C)C(C)=O. The maximum Gasteiger partial charge on any atom is 0.333 e. The Morgan fingerprint density at radius 1 is 1.28 bits per heavy atom. The number of amides is 1. The lowest BCUT2D eigenvalue weighted by molar-refractivity contribution is -0.138. The van der Waals surface area contributed by atoms with Crippen LogP contribution in [0.4, 0.5) is 0 Å². The van der Waals surface area contributed by atoms with Gasteiger partial charge in [-0.3, -0.25) is 10.1 Å². The second-order valence-corrected chi connectivity index (χ2v) is 3.91. The average Bonchev–Trinajstić information content (AvgIpc) is 2.31. The van der Waals surface area contributed by atoms with Crippen molar-refractivity contribution in [3.05, 3.63) is 12.2 Å². The summed E-state index contributed by atoms with van der Waals surface area (Å²) in [5.41, 5.74) is 0.388. The topological polar surface area (TPSA) is 67.9 Å². The van der Waals surface area contributed by atoms with Gasteiger partial charge in [0.2, 0.25) is 5.91 Å². The van der Waals surface area contributed by atoms with Crippen molar-refractivity contribution < 1.29 is 19.1 Å². The Morgan fingerprint density at radius 3 is 2.50 bits per heavy atom. The number of esters is 1. The summed E-state index contributed by atoms with van der Waals surface area (Å²) in [6.45, 7) is 8.76. The monoisotopic (exact) mass is 258 g/mol. The molecule has 0 spiro atoms. The first kappa shape index (κ1) is 16.6. The molecule has 18 heavy (non-hydrogen) atoms. The van der Waals surface area contributed by atoms with E-state index in [0.717, 1.165) is 0 Å². The standard InChI is InChI=1S/C12H22N2O4/c1-10(2)12(16)18-7-5-13-9-17-8-6-14(4)11(3)15/h13H,1,5-9H2,2-4H3. The molecule has 0 radical (unpaired) electrons. The lowest BCUT2D eigenvalue weighted by atomic mass is 10.4. The zero-order valence-corrected chi connectivity index (χ0v) is 11.3. The normalized spacial score (nSPS) is 9.94. The van der Waals surface area contributed by atoms with Gasteiger partial charge in [0.1, 0.15) is 6.61 Å². The molecule has 0 fully saturated rings. The van der Waals surface area contributed by atoms with E-state index in [0.29, 0.717) is 32.0 Å². The molecular formula is C12H22N2O4. The van der Waals surface area contributed by atoms with Crippen LogP contribution in [0, 0.1) is 0 Å². The van der Waals surface area contributed by atoms with Crippen molar-refractivity contribution in [1.29, 1.82) is 0 Å². The highest BCUT2D eigenvalue weighted by molar-refractivity contribution is 5.86. The molecule has 6 nitrogen and oxygen atoms in total. The zero-order chi connectivity index (χ0) is 14.0. The quantitative estimate of drug-likeness (QED) is 0.276. The molecule has 0 saturated heterocycles. The van der Waals surface area contributed by atoms with E-state index < -0.39 is 0 Å². The first-order valence-electron chi connectivity index (χ1n) is 5.78. The van der Waals surface area contributed by atoms with Crippen LogP contribution in [0.1, 0.15) is 13.8 Å². The first-order chi connectivity index (χ1) is 8.45. The van der Waals surface area contributed by atoms with Gasteiger partial charge in [-0.25, -0.2) is 4.79 Å².